The Morgan fingerprint density at radius 3 is 2.42 bits per heavy atom. The average molecular weight is 275 g/mol. The Morgan fingerprint density at radius 2 is 1.68 bits per heavy atom. The molecule has 3 unspecified atom stereocenters. The predicted octanol–water partition coefficient (Wildman–Crippen LogP) is 4.33. The quantitative estimate of drug-likeness (QED) is 0.888. The summed E-state index contributed by atoms with van der Waals surface area (Å²) < 4.78 is 0. The summed E-state index contributed by atoms with van der Waals surface area (Å²) in [7, 11) is 0. The standard InChI is InChI=1S/C17H25NS/c18-16-11-10-14(13-6-2-1-3-7-13)12-17(16)19-15-8-4-5-9-15/h1-3,6-7,14-17H,4-5,8-12,18H2. The van der Waals surface area contributed by atoms with Gasteiger partial charge in [-0.1, -0.05) is 43.2 Å². The van der Waals surface area contributed by atoms with E-state index in [1.165, 1.54) is 50.5 Å². The smallest absolute Gasteiger partial charge is 0.0207 e. The summed E-state index contributed by atoms with van der Waals surface area (Å²) in [6, 6.07) is 11.5. The first-order valence-corrected chi connectivity index (χ1v) is 8.73. The largest absolute Gasteiger partial charge is 0.327 e. The molecule has 2 aliphatic rings. The van der Waals surface area contributed by atoms with Crippen LogP contribution in [0.2, 0.25) is 0 Å². The van der Waals surface area contributed by atoms with Crippen molar-refractivity contribution in [1.29, 1.82) is 0 Å². The SMILES string of the molecule is NC1CCC(c2ccccc2)CC1SC1CCCC1. The molecule has 3 atom stereocenters. The van der Waals surface area contributed by atoms with E-state index in [0.29, 0.717) is 11.3 Å². The lowest BCUT2D eigenvalue weighted by Gasteiger charge is -2.35. The van der Waals surface area contributed by atoms with Gasteiger partial charge in [0.25, 0.3) is 0 Å². The molecule has 2 heteroatoms. The van der Waals surface area contributed by atoms with E-state index >= 15 is 0 Å². The second kappa shape index (κ2) is 6.32. The number of rotatable bonds is 3. The molecule has 2 fully saturated rings. The summed E-state index contributed by atoms with van der Waals surface area (Å²) in [5.74, 6) is 0.736. The van der Waals surface area contributed by atoms with Gasteiger partial charge < -0.3 is 5.73 Å². The zero-order valence-corrected chi connectivity index (χ0v) is 12.4. The molecule has 1 nitrogen and oxygen atoms in total. The van der Waals surface area contributed by atoms with E-state index in [-0.39, 0.29) is 0 Å². The molecule has 19 heavy (non-hydrogen) atoms. The van der Waals surface area contributed by atoms with Gasteiger partial charge in [-0.25, -0.2) is 0 Å². The van der Waals surface area contributed by atoms with Crippen LogP contribution in [0.4, 0.5) is 0 Å². The topological polar surface area (TPSA) is 26.0 Å². The highest BCUT2D eigenvalue weighted by atomic mass is 32.2. The highest BCUT2D eigenvalue weighted by molar-refractivity contribution is 8.00. The molecule has 2 N–H and O–H groups in total. The zero-order valence-electron chi connectivity index (χ0n) is 11.6. The highest BCUT2D eigenvalue weighted by Gasteiger charge is 2.31. The lowest BCUT2D eigenvalue weighted by Crippen LogP contribution is -2.38. The Bertz CT molecular complexity index is 386. The maximum absolute atomic E-state index is 6.38. The first-order valence-electron chi connectivity index (χ1n) is 7.79. The zero-order chi connectivity index (χ0) is 13.1. The lowest BCUT2D eigenvalue weighted by molar-refractivity contribution is 0.405. The third-order valence-electron chi connectivity index (χ3n) is 4.78. The number of thioether (sulfide) groups is 1. The van der Waals surface area contributed by atoms with Gasteiger partial charge in [-0.05, 0) is 43.6 Å². The van der Waals surface area contributed by atoms with Gasteiger partial charge in [0.05, 0.1) is 0 Å². The van der Waals surface area contributed by atoms with Crippen molar-refractivity contribution in [3.8, 4) is 0 Å². The molecule has 104 valence electrons. The van der Waals surface area contributed by atoms with Crippen LogP contribution >= 0.6 is 11.8 Å². The van der Waals surface area contributed by atoms with Crippen LogP contribution in [0.15, 0.2) is 30.3 Å². The Morgan fingerprint density at radius 1 is 0.947 bits per heavy atom. The van der Waals surface area contributed by atoms with E-state index in [1.54, 1.807) is 0 Å². The molecule has 0 aliphatic heterocycles. The molecule has 0 aromatic heterocycles. The fourth-order valence-corrected chi connectivity index (χ4v) is 5.39. The molecule has 0 bridgehead atoms. The predicted molar refractivity (Wildman–Crippen MR) is 84.6 cm³/mol. The van der Waals surface area contributed by atoms with Crippen LogP contribution < -0.4 is 5.73 Å². The molecule has 0 amide bonds. The minimum absolute atomic E-state index is 0.422. The Kier molecular flexibility index (Phi) is 4.49. The molecule has 1 aromatic carbocycles. The minimum atomic E-state index is 0.422. The Hall–Kier alpha value is -0.470. The lowest BCUT2D eigenvalue weighted by atomic mass is 9.82. The van der Waals surface area contributed by atoms with Crippen LogP contribution in [0.25, 0.3) is 0 Å². The molecule has 0 spiro atoms. The van der Waals surface area contributed by atoms with E-state index in [0.717, 1.165) is 11.2 Å². The normalized spacial score (nSPS) is 32.6. The molecule has 0 saturated heterocycles. The molecular weight excluding hydrogens is 250 g/mol. The van der Waals surface area contributed by atoms with Crippen molar-refractivity contribution < 1.29 is 0 Å². The van der Waals surface area contributed by atoms with Crippen LogP contribution in [0.1, 0.15) is 56.4 Å². The first kappa shape index (κ1) is 13.5. The number of hydrogen-bond acceptors (Lipinski definition) is 2. The molecule has 3 rings (SSSR count). The van der Waals surface area contributed by atoms with Gasteiger partial charge in [-0.15, -0.1) is 0 Å². The van der Waals surface area contributed by atoms with Crippen LogP contribution in [0, 0.1) is 0 Å². The second-order valence-corrected chi connectivity index (χ2v) is 7.71. The molecule has 2 saturated carbocycles. The van der Waals surface area contributed by atoms with Gasteiger partial charge in [-0.2, -0.15) is 11.8 Å². The van der Waals surface area contributed by atoms with Gasteiger partial charge in [-0.3, -0.25) is 0 Å². The maximum Gasteiger partial charge on any atom is 0.0207 e. The highest BCUT2D eigenvalue weighted by Crippen LogP contribution is 2.42. The molecule has 2 aliphatic carbocycles. The summed E-state index contributed by atoms with van der Waals surface area (Å²) >= 11 is 2.21. The van der Waals surface area contributed by atoms with Crippen LogP contribution in [-0.4, -0.2) is 16.5 Å². The van der Waals surface area contributed by atoms with Gasteiger partial charge in [0.1, 0.15) is 0 Å². The second-order valence-electron chi connectivity index (χ2n) is 6.17. The van der Waals surface area contributed by atoms with E-state index in [2.05, 4.69) is 42.1 Å². The van der Waals surface area contributed by atoms with E-state index in [4.69, 9.17) is 5.73 Å². The summed E-state index contributed by atoms with van der Waals surface area (Å²) in [6.45, 7) is 0. The molecular formula is C17H25NS. The summed E-state index contributed by atoms with van der Waals surface area (Å²) in [5, 5.41) is 1.58. The van der Waals surface area contributed by atoms with Crippen LogP contribution in [0.5, 0.6) is 0 Å². The summed E-state index contributed by atoms with van der Waals surface area (Å²) in [6.07, 6.45) is 9.46. The number of hydrogen-bond donors (Lipinski definition) is 1. The fraction of sp³-hybridized carbons (Fsp3) is 0.647. The van der Waals surface area contributed by atoms with Crippen molar-refractivity contribution in [2.75, 3.05) is 0 Å². The minimum Gasteiger partial charge on any atom is -0.327 e. The van der Waals surface area contributed by atoms with E-state index < -0.39 is 0 Å². The molecule has 1 aromatic rings. The molecule has 0 heterocycles. The maximum atomic E-state index is 6.38. The van der Waals surface area contributed by atoms with Gasteiger partial charge >= 0.3 is 0 Å². The number of nitrogens with two attached hydrogens (primary N) is 1. The van der Waals surface area contributed by atoms with Gasteiger partial charge in [0.2, 0.25) is 0 Å². The third-order valence-corrected chi connectivity index (χ3v) is 6.53. The number of benzene rings is 1. The Balaban J connectivity index is 1.63. The monoisotopic (exact) mass is 275 g/mol. The van der Waals surface area contributed by atoms with Crippen molar-refractivity contribution in [3.63, 3.8) is 0 Å². The Labute approximate surface area is 121 Å². The van der Waals surface area contributed by atoms with Crippen molar-refractivity contribution in [3.05, 3.63) is 35.9 Å². The van der Waals surface area contributed by atoms with Crippen molar-refractivity contribution >= 4 is 11.8 Å². The van der Waals surface area contributed by atoms with Crippen LogP contribution in [0.3, 0.4) is 0 Å². The first-order chi connectivity index (χ1) is 9.33. The van der Waals surface area contributed by atoms with Crippen LogP contribution in [-0.2, 0) is 0 Å². The fourth-order valence-electron chi connectivity index (χ4n) is 3.61. The summed E-state index contributed by atoms with van der Waals surface area (Å²) in [4.78, 5) is 0. The molecule has 0 radical (unpaired) electrons. The van der Waals surface area contributed by atoms with Crippen molar-refractivity contribution in [2.24, 2.45) is 5.73 Å². The van der Waals surface area contributed by atoms with Crippen molar-refractivity contribution in [1.82, 2.24) is 0 Å². The van der Waals surface area contributed by atoms with E-state index in [9.17, 15) is 0 Å². The van der Waals surface area contributed by atoms with Gasteiger partial charge in [0.15, 0.2) is 0 Å². The average Bonchev–Trinajstić information content (AvgIpc) is 2.95. The van der Waals surface area contributed by atoms with Gasteiger partial charge in [0, 0.05) is 16.5 Å². The third kappa shape index (κ3) is 3.35. The summed E-state index contributed by atoms with van der Waals surface area (Å²) in [5.41, 5.74) is 7.90. The van der Waals surface area contributed by atoms with Crippen molar-refractivity contribution in [2.45, 2.75) is 67.4 Å². The van der Waals surface area contributed by atoms with E-state index in [1.807, 2.05) is 0 Å².